The van der Waals surface area contributed by atoms with Gasteiger partial charge in [0.15, 0.2) is 0 Å². The predicted octanol–water partition coefficient (Wildman–Crippen LogP) is 2.98. The van der Waals surface area contributed by atoms with Crippen molar-refractivity contribution in [3.63, 3.8) is 0 Å². The molecule has 1 aliphatic heterocycles. The van der Waals surface area contributed by atoms with Gasteiger partial charge in [-0.15, -0.1) is 0 Å². The zero-order valence-corrected chi connectivity index (χ0v) is 13.0. The summed E-state index contributed by atoms with van der Waals surface area (Å²) in [6.45, 7) is 5.79. The predicted molar refractivity (Wildman–Crippen MR) is 81.4 cm³/mol. The molecular formula is C15H20BrNO2. The fourth-order valence-corrected chi connectivity index (χ4v) is 2.40. The Kier molecular flexibility index (Phi) is 4.66. The maximum absolute atomic E-state index is 9.02. The lowest BCUT2D eigenvalue weighted by molar-refractivity contribution is 0.232. The molecule has 3 nitrogen and oxygen atoms in total. The summed E-state index contributed by atoms with van der Waals surface area (Å²) in [6, 6.07) is 6.03. The van der Waals surface area contributed by atoms with Crippen LogP contribution < -0.4 is 10.1 Å². The molecule has 19 heavy (non-hydrogen) atoms. The van der Waals surface area contributed by atoms with Crippen LogP contribution in [-0.4, -0.2) is 30.4 Å². The molecule has 104 valence electrons. The minimum absolute atomic E-state index is 0.0624. The molecule has 0 aromatic heterocycles. The Hall–Kier alpha value is -0.840. The largest absolute Gasteiger partial charge is 0.489 e. The number of nitrogens with one attached hydrogen (secondary N) is 1. The third-order valence-electron chi connectivity index (χ3n) is 3.28. The standard InChI is InChI=1S/C15H20BrNO2/c1-15(2,5-6-18)17-9-11-7-12-8-13(16)3-4-14(12)19-10-11/h3-4,7-8,17-18H,5-6,9-10H2,1-2H3. The van der Waals surface area contributed by atoms with Crippen LogP contribution in [0.4, 0.5) is 0 Å². The first kappa shape index (κ1) is 14.6. The van der Waals surface area contributed by atoms with Gasteiger partial charge in [0.25, 0.3) is 0 Å². The fourth-order valence-electron chi connectivity index (χ4n) is 2.02. The van der Waals surface area contributed by atoms with Crippen LogP contribution in [0.15, 0.2) is 28.2 Å². The molecule has 0 aliphatic carbocycles. The van der Waals surface area contributed by atoms with Crippen LogP contribution in [0.25, 0.3) is 6.08 Å². The summed E-state index contributed by atoms with van der Waals surface area (Å²) < 4.78 is 6.79. The summed E-state index contributed by atoms with van der Waals surface area (Å²) in [6.07, 6.45) is 2.91. The van der Waals surface area contributed by atoms with Crippen molar-refractivity contribution in [3.05, 3.63) is 33.8 Å². The van der Waals surface area contributed by atoms with E-state index in [4.69, 9.17) is 9.84 Å². The van der Waals surface area contributed by atoms with Gasteiger partial charge in [0.2, 0.25) is 0 Å². The number of fused-ring (bicyclic) bond motifs is 1. The van der Waals surface area contributed by atoms with Crippen molar-refractivity contribution < 1.29 is 9.84 Å². The van der Waals surface area contributed by atoms with Gasteiger partial charge in [0.05, 0.1) is 0 Å². The number of hydrogen-bond donors (Lipinski definition) is 2. The molecule has 0 bridgehead atoms. The number of hydrogen-bond acceptors (Lipinski definition) is 3. The highest BCUT2D eigenvalue weighted by molar-refractivity contribution is 9.10. The van der Waals surface area contributed by atoms with Crippen molar-refractivity contribution in [2.24, 2.45) is 0 Å². The number of aliphatic hydroxyl groups is 1. The van der Waals surface area contributed by atoms with E-state index in [1.54, 1.807) is 0 Å². The monoisotopic (exact) mass is 325 g/mol. The van der Waals surface area contributed by atoms with Crippen LogP contribution in [0, 0.1) is 0 Å². The van der Waals surface area contributed by atoms with Gasteiger partial charge in [-0.05, 0) is 50.1 Å². The van der Waals surface area contributed by atoms with Gasteiger partial charge in [0.1, 0.15) is 12.4 Å². The van der Waals surface area contributed by atoms with Crippen LogP contribution in [-0.2, 0) is 0 Å². The maximum atomic E-state index is 9.02. The quantitative estimate of drug-likeness (QED) is 0.874. The van der Waals surface area contributed by atoms with Crippen molar-refractivity contribution in [2.75, 3.05) is 19.8 Å². The van der Waals surface area contributed by atoms with Gasteiger partial charge in [-0.25, -0.2) is 0 Å². The van der Waals surface area contributed by atoms with Crippen molar-refractivity contribution in [1.29, 1.82) is 0 Å². The molecule has 0 amide bonds. The smallest absolute Gasteiger partial charge is 0.127 e. The minimum atomic E-state index is -0.0624. The molecule has 2 rings (SSSR count). The second-order valence-corrected chi connectivity index (χ2v) is 6.40. The summed E-state index contributed by atoms with van der Waals surface area (Å²) in [4.78, 5) is 0. The van der Waals surface area contributed by atoms with E-state index in [2.05, 4.69) is 47.2 Å². The number of benzene rings is 1. The Morgan fingerprint density at radius 2 is 2.21 bits per heavy atom. The maximum Gasteiger partial charge on any atom is 0.127 e. The molecule has 0 fully saturated rings. The SMILES string of the molecule is CC(C)(CCO)NCC1=Cc2cc(Br)ccc2OC1. The van der Waals surface area contributed by atoms with E-state index in [0.29, 0.717) is 6.61 Å². The van der Waals surface area contributed by atoms with E-state index >= 15 is 0 Å². The van der Waals surface area contributed by atoms with Crippen LogP contribution in [0.2, 0.25) is 0 Å². The normalized spacial score (nSPS) is 14.6. The Morgan fingerprint density at radius 3 is 2.95 bits per heavy atom. The average molecular weight is 326 g/mol. The van der Waals surface area contributed by atoms with Crippen molar-refractivity contribution in [2.45, 2.75) is 25.8 Å². The average Bonchev–Trinajstić information content (AvgIpc) is 2.36. The molecule has 1 aromatic rings. The molecule has 4 heteroatoms. The van der Waals surface area contributed by atoms with Crippen LogP contribution in [0.3, 0.4) is 0 Å². The molecule has 1 aromatic carbocycles. The molecule has 1 aliphatic rings. The van der Waals surface area contributed by atoms with Gasteiger partial charge in [-0.2, -0.15) is 0 Å². The van der Waals surface area contributed by atoms with Crippen molar-refractivity contribution >= 4 is 22.0 Å². The zero-order valence-electron chi connectivity index (χ0n) is 11.4. The van der Waals surface area contributed by atoms with Gasteiger partial charge in [0, 0.05) is 28.7 Å². The lowest BCUT2D eigenvalue weighted by Crippen LogP contribution is -2.41. The topological polar surface area (TPSA) is 41.5 Å². The zero-order chi connectivity index (χ0) is 13.9. The number of aliphatic hydroxyl groups excluding tert-OH is 1. The first-order valence-corrected chi connectivity index (χ1v) is 7.27. The third-order valence-corrected chi connectivity index (χ3v) is 3.77. The summed E-state index contributed by atoms with van der Waals surface area (Å²) in [5.41, 5.74) is 2.27. The highest BCUT2D eigenvalue weighted by atomic mass is 79.9. The highest BCUT2D eigenvalue weighted by Gasteiger charge is 2.18. The molecule has 0 unspecified atom stereocenters. The lowest BCUT2D eigenvalue weighted by atomic mass is 10.00. The van der Waals surface area contributed by atoms with Crippen LogP contribution in [0.1, 0.15) is 25.8 Å². The second kappa shape index (κ2) is 6.07. The molecule has 1 heterocycles. The van der Waals surface area contributed by atoms with E-state index in [0.717, 1.165) is 28.8 Å². The Balaban J connectivity index is 2.03. The van der Waals surface area contributed by atoms with E-state index in [-0.39, 0.29) is 12.1 Å². The molecule has 0 saturated heterocycles. The number of rotatable bonds is 5. The Morgan fingerprint density at radius 1 is 1.42 bits per heavy atom. The van der Waals surface area contributed by atoms with Gasteiger partial charge < -0.3 is 15.2 Å². The lowest BCUT2D eigenvalue weighted by Gasteiger charge is -2.27. The third kappa shape index (κ3) is 4.06. The summed E-state index contributed by atoms with van der Waals surface area (Å²) in [7, 11) is 0. The summed E-state index contributed by atoms with van der Waals surface area (Å²) >= 11 is 3.47. The van der Waals surface area contributed by atoms with E-state index in [1.807, 2.05) is 12.1 Å². The molecule has 2 N–H and O–H groups in total. The highest BCUT2D eigenvalue weighted by Crippen LogP contribution is 2.29. The second-order valence-electron chi connectivity index (χ2n) is 5.48. The fraction of sp³-hybridized carbons (Fsp3) is 0.467. The van der Waals surface area contributed by atoms with Crippen LogP contribution >= 0.6 is 15.9 Å². The molecule has 0 atom stereocenters. The molecule has 0 saturated carbocycles. The Labute approximate surface area is 122 Å². The van der Waals surface area contributed by atoms with Crippen molar-refractivity contribution in [1.82, 2.24) is 5.32 Å². The Bertz CT molecular complexity index is 483. The van der Waals surface area contributed by atoms with Gasteiger partial charge >= 0.3 is 0 Å². The van der Waals surface area contributed by atoms with Gasteiger partial charge in [-0.3, -0.25) is 0 Å². The van der Waals surface area contributed by atoms with E-state index in [1.165, 1.54) is 5.57 Å². The van der Waals surface area contributed by atoms with Crippen molar-refractivity contribution in [3.8, 4) is 5.75 Å². The van der Waals surface area contributed by atoms with Gasteiger partial charge in [-0.1, -0.05) is 15.9 Å². The summed E-state index contributed by atoms with van der Waals surface area (Å²) in [5.74, 6) is 0.932. The first-order chi connectivity index (χ1) is 9.00. The molecule has 0 radical (unpaired) electrons. The first-order valence-electron chi connectivity index (χ1n) is 6.48. The number of ether oxygens (including phenoxy) is 1. The summed E-state index contributed by atoms with van der Waals surface area (Å²) in [5, 5.41) is 12.5. The molecular weight excluding hydrogens is 306 g/mol. The molecule has 0 spiro atoms. The number of halogens is 1. The van der Waals surface area contributed by atoms with E-state index in [9.17, 15) is 0 Å². The minimum Gasteiger partial charge on any atom is -0.489 e. The van der Waals surface area contributed by atoms with E-state index < -0.39 is 0 Å². The van der Waals surface area contributed by atoms with Crippen LogP contribution in [0.5, 0.6) is 5.75 Å².